The lowest BCUT2D eigenvalue weighted by Crippen LogP contribution is -2.25. The summed E-state index contributed by atoms with van der Waals surface area (Å²) in [7, 11) is 1.59. The van der Waals surface area contributed by atoms with Crippen LogP contribution in [0.15, 0.2) is 42.5 Å². The topological polar surface area (TPSA) is 67.3 Å². The van der Waals surface area contributed by atoms with Gasteiger partial charge in [0.1, 0.15) is 5.75 Å². The number of amides is 1. The number of ether oxygens (including phenoxy) is 1. The highest BCUT2D eigenvalue weighted by atomic mass is 16.5. The number of hydrogen-bond acceptors (Lipinski definition) is 5. The van der Waals surface area contributed by atoms with Crippen LogP contribution in [0, 0.1) is 6.92 Å². The van der Waals surface area contributed by atoms with Crippen LogP contribution in [-0.2, 0) is 0 Å². The van der Waals surface area contributed by atoms with Gasteiger partial charge < -0.3 is 15.0 Å². The summed E-state index contributed by atoms with van der Waals surface area (Å²) in [5.41, 5.74) is 3.52. The molecule has 1 aliphatic heterocycles. The number of anilines is 2. The Morgan fingerprint density at radius 1 is 1.07 bits per heavy atom. The van der Waals surface area contributed by atoms with Crippen LogP contribution in [0.2, 0.25) is 0 Å². The molecule has 0 radical (unpaired) electrons. The average Bonchev–Trinajstić information content (AvgIpc) is 3.22. The maximum absolute atomic E-state index is 13.1. The summed E-state index contributed by atoms with van der Waals surface area (Å²) in [6, 6.07) is 13.3. The zero-order valence-electron chi connectivity index (χ0n) is 15.5. The summed E-state index contributed by atoms with van der Waals surface area (Å²) < 4.78 is 5.38. The fourth-order valence-electron chi connectivity index (χ4n) is 3.39. The minimum absolute atomic E-state index is 0.279. The number of aryl methyl sites for hydroxylation is 1. The van der Waals surface area contributed by atoms with Crippen molar-refractivity contribution in [2.45, 2.75) is 19.8 Å². The Balaban J connectivity index is 1.76. The van der Waals surface area contributed by atoms with Crippen LogP contribution in [0.4, 0.5) is 11.5 Å². The highest BCUT2D eigenvalue weighted by Crippen LogP contribution is 2.28. The number of aromatic nitrogens is 2. The molecule has 0 atom stereocenters. The Morgan fingerprint density at radius 2 is 1.78 bits per heavy atom. The first-order chi connectivity index (χ1) is 13.2. The second-order valence-corrected chi connectivity index (χ2v) is 6.74. The maximum atomic E-state index is 13.1. The lowest BCUT2D eigenvalue weighted by Gasteiger charge is -2.20. The largest absolute Gasteiger partial charge is 0.495 e. The standard InChI is InChI=1S/C21H22N4O2/c1-14-9-10-18(27-2)17(13-14)24-21(26)19-20(25-11-5-6-12-25)23-16-8-4-3-7-15(16)22-19/h3-4,7-10,13H,5-6,11-12H2,1-2H3,(H,24,26). The fourth-order valence-corrected chi connectivity index (χ4v) is 3.39. The number of para-hydroxylation sites is 2. The van der Waals surface area contributed by atoms with E-state index >= 15 is 0 Å². The van der Waals surface area contributed by atoms with Gasteiger partial charge in [-0.25, -0.2) is 9.97 Å². The van der Waals surface area contributed by atoms with Gasteiger partial charge in [-0.1, -0.05) is 18.2 Å². The SMILES string of the molecule is COc1ccc(C)cc1NC(=O)c1nc2ccccc2nc1N1CCCC1. The van der Waals surface area contributed by atoms with E-state index in [4.69, 9.17) is 9.72 Å². The van der Waals surface area contributed by atoms with Crippen LogP contribution in [0.3, 0.4) is 0 Å². The number of carbonyl (C=O) groups excluding carboxylic acids is 1. The summed E-state index contributed by atoms with van der Waals surface area (Å²) in [6.45, 7) is 3.75. The van der Waals surface area contributed by atoms with Crippen molar-refractivity contribution in [1.29, 1.82) is 0 Å². The smallest absolute Gasteiger partial charge is 0.278 e. The Morgan fingerprint density at radius 3 is 2.48 bits per heavy atom. The predicted molar refractivity (Wildman–Crippen MR) is 107 cm³/mol. The number of carbonyl (C=O) groups is 1. The summed E-state index contributed by atoms with van der Waals surface area (Å²) in [6.07, 6.45) is 2.20. The van der Waals surface area contributed by atoms with Crippen molar-refractivity contribution >= 4 is 28.4 Å². The summed E-state index contributed by atoms with van der Waals surface area (Å²) in [5, 5.41) is 2.95. The lowest BCUT2D eigenvalue weighted by atomic mass is 10.2. The molecule has 6 nitrogen and oxygen atoms in total. The molecular weight excluding hydrogens is 340 g/mol. The van der Waals surface area contributed by atoms with E-state index in [9.17, 15) is 4.79 Å². The Kier molecular flexibility index (Phi) is 4.62. The summed E-state index contributed by atoms with van der Waals surface area (Å²) in [5.74, 6) is 0.986. The highest BCUT2D eigenvalue weighted by Gasteiger charge is 2.24. The molecule has 4 rings (SSSR count). The first-order valence-corrected chi connectivity index (χ1v) is 9.13. The maximum Gasteiger partial charge on any atom is 0.278 e. The van der Waals surface area contributed by atoms with E-state index in [-0.39, 0.29) is 5.91 Å². The van der Waals surface area contributed by atoms with Crippen molar-refractivity contribution in [2.24, 2.45) is 0 Å². The number of methoxy groups -OCH3 is 1. The van der Waals surface area contributed by atoms with E-state index in [1.807, 2.05) is 49.4 Å². The quantitative estimate of drug-likeness (QED) is 0.765. The van der Waals surface area contributed by atoms with Gasteiger partial charge >= 0.3 is 0 Å². The first-order valence-electron chi connectivity index (χ1n) is 9.13. The van der Waals surface area contributed by atoms with Gasteiger partial charge in [0.15, 0.2) is 11.5 Å². The van der Waals surface area contributed by atoms with Crippen LogP contribution in [0.25, 0.3) is 11.0 Å². The molecule has 6 heteroatoms. The molecule has 2 aromatic carbocycles. The molecule has 0 spiro atoms. The molecule has 138 valence electrons. The highest BCUT2D eigenvalue weighted by molar-refractivity contribution is 6.08. The Labute approximate surface area is 158 Å². The Bertz CT molecular complexity index is 997. The number of benzene rings is 2. The van der Waals surface area contributed by atoms with Gasteiger partial charge in [0.25, 0.3) is 5.91 Å². The molecule has 0 aliphatic carbocycles. The Hall–Kier alpha value is -3.15. The zero-order valence-corrected chi connectivity index (χ0v) is 15.5. The molecule has 1 fully saturated rings. The monoisotopic (exact) mass is 362 g/mol. The van der Waals surface area contributed by atoms with Crippen molar-refractivity contribution in [3.63, 3.8) is 0 Å². The first kappa shape index (κ1) is 17.3. The summed E-state index contributed by atoms with van der Waals surface area (Å²) in [4.78, 5) is 24.6. The molecule has 1 aliphatic rings. The molecule has 1 N–H and O–H groups in total. The molecule has 1 saturated heterocycles. The molecule has 1 aromatic heterocycles. The minimum Gasteiger partial charge on any atom is -0.495 e. The van der Waals surface area contributed by atoms with Crippen molar-refractivity contribution in [3.8, 4) is 5.75 Å². The van der Waals surface area contributed by atoms with Crippen molar-refractivity contribution in [1.82, 2.24) is 9.97 Å². The molecular formula is C21H22N4O2. The van der Waals surface area contributed by atoms with Gasteiger partial charge in [-0.2, -0.15) is 0 Å². The van der Waals surface area contributed by atoms with Crippen LogP contribution < -0.4 is 15.0 Å². The fraction of sp³-hybridized carbons (Fsp3) is 0.286. The van der Waals surface area contributed by atoms with Crippen LogP contribution >= 0.6 is 0 Å². The van der Waals surface area contributed by atoms with Crippen molar-refractivity contribution < 1.29 is 9.53 Å². The van der Waals surface area contributed by atoms with E-state index in [0.717, 1.165) is 37.0 Å². The van der Waals surface area contributed by atoms with E-state index < -0.39 is 0 Å². The lowest BCUT2D eigenvalue weighted by molar-refractivity contribution is 0.102. The predicted octanol–water partition coefficient (Wildman–Crippen LogP) is 3.80. The number of nitrogens with one attached hydrogen (secondary N) is 1. The van der Waals surface area contributed by atoms with Crippen molar-refractivity contribution in [3.05, 3.63) is 53.7 Å². The number of nitrogens with zero attached hydrogens (tertiary/aromatic N) is 3. The van der Waals surface area contributed by atoms with Crippen LogP contribution in [-0.4, -0.2) is 36.1 Å². The van der Waals surface area contributed by atoms with E-state index in [0.29, 0.717) is 28.5 Å². The molecule has 0 saturated carbocycles. The number of hydrogen-bond donors (Lipinski definition) is 1. The van der Waals surface area contributed by atoms with Gasteiger partial charge in [0.05, 0.1) is 23.8 Å². The second kappa shape index (κ2) is 7.23. The summed E-state index contributed by atoms with van der Waals surface area (Å²) >= 11 is 0. The van der Waals surface area contributed by atoms with E-state index in [1.54, 1.807) is 7.11 Å². The second-order valence-electron chi connectivity index (χ2n) is 6.74. The van der Waals surface area contributed by atoms with Crippen LogP contribution in [0.1, 0.15) is 28.9 Å². The van der Waals surface area contributed by atoms with Crippen molar-refractivity contribution in [2.75, 3.05) is 30.4 Å². The van der Waals surface area contributed by atoms with Crippen LogP contribution in [0.5, 0.6) is 5.75 Å². The molecule has 0 unspecified atom stereocenters. The average molecular weight is 362 g/mol. The molecule has 2 heterocycles. The normalized spacial score (nSPS) is 13.8. The molecule has 27 heavy (non-hydrogen) atoms. The van der Waals surface area contributed by atoms with Gasteiger partial charge in [-0.3, -0.25) is 4.79 Å². The minimum atomic E-state index is -0.279. The van der Waals surface area contributed by atoms with Gasteiger partial charge in [0.2, 0.25) is 0 Å². The van der Waals surface area contributed by atoms with E-state index in [1.165, 1.54) is 0 Å². The molecule has 3 aromatic rings. The van der Waals surface area contributed by atoms with Gasteiger partial charge in [0, 0.05) is 13.1 Å². The third-order valence-electron chi connectivity index (χ3n) is 4.78. The number of rotatable bonds is 4. The van der Waals surface area contributed by atoms with Gasteiger partial charge in [-0.15, -0.1) is 0 Å². The zero-order chi connectivity index (χ0) is 18.8. The molecule has 0 bridgehead atoms. The third kappa shape index (κ3) is 3.43. The molecule has 1 amide bonds. The van der Waals surface area contributed by atoms with Gasteiger partial charge in [-0.05, 0) is 49.6 Å². The third-order valence-corrected chi connectivity index (χ3v) is 4.78. The van der Waals surface area contributed by atoms with E-state index in [2.05, 4.69) is 15.2 Å². The number of fused-ring (bicyclic) bond motifs is 1.